The van der Waals surface area contributed by atoms with E-state index >= 15 is 0 Å². The van der Waals surface area contributed by atoms with E-state index in [-0.39, 0.29) is 17.4 Å². The highest BCUT2D eigenvalue weighted by Crippen LogP contribution is 2.56. The average molecular weight is 343 g/mol. The lowest BCUT2D eigenvalue weighted by atomic mass is 9.93. The maximum absolute atomic E-state index is 13.1. The van der Waals surface area contributed by atoms with Gasteiger partial charge in [0.05, 0.1) is 12.2 Å². The van der Waals surface area contributed by atoms with E-state index in [4.69, 9.17) is 4.52 Å². The lowest BCUT2D eigenvalue weighted by Crippen LogP contribution is -2.39. The predicted octanol–water partition coefficient (Wildman–Crippen LogP) is 1.98. The summed E-state index contributed by atoms with van der Waals surface area (Å²) in [4.78, 5) is 19.6. The minimum Gasteiger partial charge on any atom is -0.351 e. The number of carbonyl (C=O) groups excluding carboxylic acids is 1. The van der Waals surface area contributed by atoms with Crippen molar-refractivity contribution < 1.29 is 9.32 Å². The molecule has 1 saturated carbocycles. The number of piperidine rings is 1. The predicted molar refractivity (Wildman–Crippen MR) is 92.0 cm³/mol. The number of aryl methyl sites for hydroxylation is 2. The first-order valence-corrected chi connectivity index (χ1v) is 9.08. The molecule has 0 bridgehead atoms. The Balaban J connectivity index is 1.60. The van der Waals surface area contributed by atoms with E-state index in [9.17, 15) is 4.79 Å². The van der Waals surface area contributed by atoms with E-state index in [1.54, 1.807) is 12.3 Å². The summed E-state index contributed by atoms with van der Waals surface area (Å²) < 4.78 is 7.34. The fourth-order valence-corrected chi connectivity index (χ4v) is 4.09. The molecule has 2 aromatic heterocycles. The molecular formula is C18H25N5O2. The van der Waals surface area contributed by atoms with E-state index < -0.39 is 0 Å². The molecule has 2 fully saturated rings. The van der Waals surface area contributed by atoms with Crippen LogP contribution in [0.1, 0.15) is 48.3 Å². The molecule has 1 saturated heterocycles. The van der Waals surface area contributed by atoms with Gasteiger partial charge in [-0.05, 0) is 51.6 Å². The van der Waals surface area contributed by atoms with Crippen molar-refractivity contribution in [3.63, 3.8) is 0 Å². The third kappa shape index (κ3) is 2.97. The van der Waals surface area contributed by atoms with Crippen LogP contribution in [-0.2, 0) is 13.1 Å². The Morgan fingerprint density at radius 2 is 2.28 bits per heavy atom. The summed E-state index contributed by atoms with van der Waals surface area (Å²) in [5, 5.41) is 7.30. The van der Waals surface area contributed by atoms with Gasteiger partial charge in [-0.25, -0.2) is 4.98 Å². The van der Waals surface area contributed by atoms with Crippen molar-refractivity contribution >= 4 is 5.91 Å². The van der Waals surface area contributed by atoms with Crippen molar-refractivity contribution in [2.24, 2.45) is 5.41 Å². The number of amides is 1. The highest BCUT2D eigenvalue weighted by molar-refractivity contribution is 5.92. The number of aromatic nitrogens is 3. The van der Waals surface area contributed by atoms with Crippen LogP contribution in [0.15, 0.2) is 23.0 Å². The van der Waals surface area contributed by atoms with E-state index in [2.05, 4.69) is 26.9 Å². The standard InChI is InChI=1S/C18H25N5O2/c1-3-22-9-8-20-16(22)12-23(17(24)14-10-13(2)21-25-14)15-11-18(15)4-6-19-7-5-18/h8-10,15,19H,3-7,11-12H2,1-2H3. The summed E-state index contributed by atoms with van der Waals surface area (Å²) >= 11 is 0. The molecule has 0 radical (unpaired) electrons. The molecule has 7 heteroatoms. The second-order valence-electron chi connectivity index (χ2n) is 7.23. The Hall–Kier alpha value is -2.15. The van der Waals surface area contributed by atoms with Gasteiger partial charge in [0.1, 0.15) is 5.82 Å². The Morgan fingerprint density at radius 1 is 1.48 bits per heavy atom. The summed E-state index contributed by atoms with van der Waals surface area (Å²) in [7, 11) is 0. The van der Waals surface area contributed by atoms with Crippen LogP contribution in [0.3, 0.4) is 0 Å². The summed E-state index contributed by atoms with van der Waals surface area (Å²) in [5.74, 6) is 1.16. The molecule has 1 atom stereocenters. The topological polar surface area (TPSA) is 76.2 Å². The van der Waals surface area contributed by atoms with Crippen LogP contribution in [0.4, 0.5) is 0 Å². The molecule has 2 aromatic rings. The van der Waals surface area contributed by atoms with E-state index in [0.717, 1.165) is 50.4 Å². The highest BCUT2D eigenvalue weighted by Gasteiger charge is 2.58. The van der Waals surface area contributed by atoms with Gasteiger partial charge < -0.3 is 19.3 Å². The van der Waals surface area contributed by atoms with Crippen LogP contribution < -0.4 is 5.32 Å². The number of hydrogen-bond acceptors (Lipinski definition) is 5. The van der Waals surface area contributed by atoms with Gasteiger partial charge in [0.15, 0.2) is 0 Å². The third-order valence-electron chi connectivity index (χ3n) is 5.68. The molecule has 2 aliphatic rings. The largest absolute Gasteiger partial charge is 0.351 e. The molecule has 7 nitrogen and oxygen atoms in total. The van der Waals surface area contributed by atoms with Gasteiger partial charge in [-0.2, -0.15) is 0 Å². The number of nitrogens with zero attached hydrogens (tertiary/aromatic N) is 4. The molecule has 0 aromatic carbocycles. The summed E-state index contributed by atoms with van der Waals surface area (Å²) in [6.07, 6.45) is 7.08. The first-order chi connectivity index (χ1) is 12.1. The molecule has 3 heterocycles. The van der Waals surface area contributed by atoms with E-state index in [1.807, 2.05) is 18.0 Å². The van der Waals surface area contributed by atoms with Gasteiger partial charge in [0.2, 0.25) is 5.76 Å². The van der Waals surface area contributed by atoms with Crippen LogP contribution in [-0.4, -0.2) is 44.6 Å². The Bertz CT molecular complexity index is 759. The third-order valence-corrected chi connectivity index (χ3v) is 5.68. The SMILES string of the molecule is CCn1ccnc1CN(C(=O)c1cc(C)no1)C1CC12CCNCC2. The zero-order valence-corrected chi connectivity index (χ0v) is 14.9. The molecule has 25 heavy (non-hydrogen) atoms. The number of imidazole rings is 1. The van der Waals surface area contributed by atoms with Gasteiger partial charge in [-0.1, -0.05) is 5.16 Å². The number of nitrogens with one attached hydrogen (secondary N) is 1. The van der Waals surface area contributed by atoms with Crippen molar-refractivity contribution in [3.05, 3.63) is 35.7 Å². The second-order valence-corrected chi connectivity index (χ2v) is 7.23. The summed E-state index contributed by atoms with van der Waals surface area (Å²) in [6, 6.07) is 1.98. The van der Waals surface area contributed by atoms with E-state index in [1.165, 1.54) is 0 Å². The molecular weight excluding hydrogens is 318 g/mol. The van der Waals surface area contributed by atoms with Crippen LogP contribution in [0.2, 0.25) is 0 Å². The van der Waals surface area contributed by atoms with Crippen molar-refractivity contribution in [2.45, 2.75) is 52.2 Å². The number of rotatable bonds is 5. The van der Waals surface area contributed by atoms with Gasteiger partial charge in [0.25, 0.3) is 5.91 Å². The normalized spacial score (nSPS) is 21.4. The first kappa shape index (κ1) is 16.3. The molecule has 1 N–H and O–H groups in total. The molecule has 1 spiro atoms. The maximum atomic E-state index is 13.1. The molecule has 1 aliphatic heterocycles. The van der Waals surface area contributed by atoms with Gasteiger partial charge in [-0.3, -0.25) is 4.79 Å². The lowest BCUT2D eigenvalue weighted by Gasteiger charge is -2.29. The average Bonchev–Trinajstić information content (AvgIpc) is 2.99. The Labute approximate surface area is 147 Å². The fourth-order valence-electron chi connectivity index (χ4n) is 4.09. The smallest absolute Gasteiger partial charge is 0.293 e. The fraction of sp³-hybridized carbons (Fsp3) is 0.611. The minimum atomic E-state index is -0.0772. The maximum Gasteiger partial charge on any atom is 0.293 e. The molecule has 1 amide bonds. The van der Waals surface area contributed by atoms with Crippen molar-refractivity contribution in [3.8, 4) is 0 Å². The van der Waals surface area contributed by atoms with Crippen LogP contribution in [0.5, 0.6) is 0 Å². The molecule has 1 aliphatic carbocycles. The summed E-state index contributed by atoms with van der Waals surface area (Å²) in [5.41, 5.74) is 0.991. The van der Waals surface area contributed by atoms with Gasteiger partial charge in [0, 0.05) is 31.0 Å². The van der Waals surface area contributed by atoms with Crippen molar-refractivity contribution in [1.29, 1.82) is 0 Å². The second kappa shape index (κ2) is 6.29. The van der Waals surface area contributed by atoms with Crippen molar-refractivity contribution in [2.75, 3.05) is 13.1 Å². The van der Waals surface area contributed by atoms with E-state index in [0.29, 0.717) is 12.3 Å². The lowest BCUT2D eigenvalue weighted by molar-refractivity contribution is 0.0642. The van der Waals surface area contributed by atoms with Crippen LogP contribution in [0.25, 0.3) is 0 Å². The zero-order chi connectivity index (χ0) is 17.4. The monoisotopic (exact) mass is 343 g/mol. The molecule has 4 rings (SSSR count). The zero-order valence-electron chi connectivity index (χ0n) is 14.9. The number of carbonyl (C=O) groups is 1. The van der Waals surface area contributed by atoms with Gasteiger partial charge >= 0.3 is 0 Å². The van der Waals surface area contributed by atoms with Crippen molar-refractivity contribution in [1.82, 2.24) is 24.9 Å². The highest BCUT2D eigenvalue weighted by atomic mass is 16.5. The van der Waals surface area contributed by atoms with Crippen LogP contribution >= 0.6 is 0 Å². The Morgan fingerprint density at radius 3 is 2.96 bits per heavy atom. The number of hydrogen-bond donors (Lipinski definition) is 1. The summed E-state index contributed by atoms with van der Waals surface area (Å²) in [6.45, 7) is 7.34. The van der Waals surface area contributed by atoms with Crippen LogP contribution in [0, 0.1) is 12.3 Å². The molecule has 1 unspecified atom stereocenters. The Kier molecular flexibility index (Phi) is 4.11. The minimum absolute atomic E-state index is 0.0772. The molecule has 134 valence electrons. The quantitative estimate of drug-likeness (QED) is 0.898. The van der Waals surface area contributed by atoms with Gasteiger partial charge in [-0.15, -0.1) is 0 Å². The first-order valence-electron chi connectivity index (χ1n) is 9.08.